The van der Waals surface area contributed by atoms with Gasteiger partial charge < -0.3 is 15.5 Å². The van der Waals surface area contributed by atoms with Gasteiger partial charge in [0.1, 0.15) is 5.82 Å². The molecule has 0 unspecified atom stereocenters. The van der Waals surface area contributed by atoms with Gasteiger partial charge in [0, 0.05) is 31.4 Å². The number of fused-ring (bicyclic) bond motifs is 1. The molecule has 22 heavy (non-hydrogen) atoms. The fraction of sp³-hybridized carbons (Fsp3) is 0.562. The third-order valence-electron chi connectivity index (χ3n) is 4.45. The Balaban J connectivity index is 1.97. The molecular weight excluding hydrogens is 276 g/mol. The summed E-state index contributed by atoms with van der Waals surface area (Å²) >= 11 is 0. The minimum absolute atomic E-state index is 0.382. The first-order valence-electron chi connectivity index (χ1n) is 7.78. The van der Waals surface area contributed by atoms with Crippen LogP contribution in [0.2, 0.25) is 0 Å². The number of aryl methyl sites for hydroxylation is 2. The van der Waals surface area contributed by atoms with Gasteiger partial charge in [-0.1, -0.05) is 0 Å². The van der Waals surface area contributed by atoms with E-state index < -0.39 is 0 Å². The van der Waals surface area contributed by atoms with E-state index in [0.717, 1.165) is 41.1 Å². The van der Waals surface area contributed by atoms with Gasteiger partial charge in [0.2, 0.25) is 5.95 Å². The van der Waals surface area contributed by atoms with Crippen molar-refractivity contribution in [2.75, 3.05) is 31.3 Å². The summed E-state index contributed by atoms with van der Waals surface area (Å²) in [5.41, 5.74) is 2.87. The highest BCUT2D eigenvalue weighted by atomic mass is 15.2. The Kier molecular flexibility index (Phi) is 3.87. The van der Waals surface area contributed by atoms with Crippen LogP contribution in [0.25, 0.3) is 11.0 Å². The molecule has 3 heterocycles. The van der Waals surface area contributed by atoms with E-state index in [4.69, 9.17) is 0 Å². The molecule has 0 bridgehead atoms. The van der Waals surface area contributed by atoms with E-state index in [1.165, 1.54) is 0 Å². The van der Waals surface area contributed by atoms with E-state index in [1.54, 1.807) is 0 Å². The fourth-order valence-corrected chi connectivity index (χ4v) is 3.20. The number of pyridine rings is 1. The van der Waals surface area contributed by atoms with Gasteiger partial charge in [0.05, 0.1) is 5.39 Å². The Labute approximate surface area is 131 Å². The highest BCUT2D eigenvalue weighted by Crippen LogP contribution is 2.26. The first-order valence-corrected chi connectivity index (χ1v) is 7.78. The van der Waals surface area contributed by atoms with Gasteiger partial charge in [-0.05, 0) is 45.9 Å². The minimum Gasteiger partial charge on any atom is -0.372 e. The molecule has 118 valence electrons. The van der Waals surface area contributed by atoms with Crippen molar-refractivity contribution >= 4 is 22.8 Å². The summed E-state index contributed by atoms with van der Waals surface area (Å²) in [6.45, 7) is 7.32. The van der Waals surface area contributed by atoms with Gasteiger partial charge in [-0.15, -0.1) is 0 Å². The van der Waals surface area contributed by atoms with Crippen LogP contribution in [0.5, 0.6) is 0 Å². The average Bonchev–Trinajstić information content (AvgIpc) is 2.75. The van der Waals surface area contributed by atoms with Crippen LogP contribution < -0.4 is 10.6 Å². The molecule has 2 aromatic heterocycles. The topological polar surface area (TPSA) is 66.0 Å². The highest BCUT2D eigenvalue weighted by molar-refractivity contribution is 5.90. The second-order valence-corrected chi connectivity index (χ2v) is 6.29. The van der Waals surface area contributed by atoms with E-state index in [1.807, 2.05) is 14.0 Å². The van der Waals surface area contributed by atoms with Gasteiger partial charge in [-0.2, -0.15) is 9.97 Å². The molecule has 1 aliphatic rings. The Hall–Kier alpha value is -1.95. The Morgan fingerprint density at radius 2 is 2.00 bits per heavy atom. The molecule has 1 saturated heterocycles. The molecule has 6 heteroatoms. The summed E-state index contributed by atoms with van der Waals surface area (Å²) < 4.78 is 0. The lowest BCUT2D eigenvalue weighted by atomic mass is 10.1. The maximum Gasteiger partial charge on any atom is 0.226 e. The van der Waals surface area contributed by atoms with Crippen LogP contribution in [0.1, 0.15) is 24.6 Å². The van der Waals surface area contributed by atoms with Gasteiger partial charge >= 0.3 is 0 Å². The third-order valence-corrected chi connectivity index (χ3v) is 4.45. The molecule has 0 amide bonds. The second-order valence-electron chi connectivity index (χ2n) is 6.29. The summed E-state index contributed by atoms with van der Waals surface area (Å²) in [4.78, 5) is 16.2. The zero-order valence-corrected chi connectivity index (χ0v) is 13.9. The highest BCUT2D eigenvalue weighted by Gasteiger charge is 2.26. The van der Waals surface area contributed by atoms with Crippen LogP contribution in [-0.2, 0) is 0 Å². The number of rotatable bonds is 3. The van der Waals surface area contributed by atoms with Crippen LogP contribution in [0.15, 0.2) is 6.07 Å². The molecule has 0 saturated carbocycles. The van der Waals surface area contributed by atoms with Crippen molar-refractivity contribution in [1.29, 1.82) is 0 Å². The van der Waals surface area contributed by atoms with Crippen molar-refractivity contribution in [2.45, 2.75) is 39.3 Å². The standard InChI is InChI=1S/C16H24N6/c1-9-6-10(2)18-15-13(9)14(17-4)20-16(21-15)19-12-7-11(3)22(5)8-12/h6,11-12H,7-8H2,1-5H3,(H2,17,18,19,20,21)/t11-,12+/m1/s1. The molecule has 2 atom stereocenters. The lowest BCUT2D eigenvalue weighted by Crippen LogP contribution is -2.25. The summed E-state index contributed by atoms with van der Waals surface area (Å²) in [6, 6.07) is 3.03. The zero-order valence-electron chi connectivity index (χ0n) is 13.9. The first kappa shape index (κ1) is 15.0. The van der Waals surface area contributed by atoms with E-state index in [0.29, 0.717) is 18.0 Å². The summed E-state index contributed by atoms with van der Waals surface area (Å²) in [7, 11) is 4.04. The van der Waals surface area contributed by atoms with Crippen LogP contribution in [-0.4, -0.2) is 52.6 Å². The Morgan fingerprint density at radius 1 is 1.23 bits per heavy atom. The lowest BCUT2D eigenvalue weighted by Gasteiger charge is -2.15. The summed E-state index contributed by atoms with van der Waals surface area (Å²) in [5.74, 6) is 1.48. The van der Waals surface area contributed by atoms with E-state index in [-0.39, 0.29) is 0 Å². The largest absolute Gasteiger partial charge is 0.372 e. The second kappa shape index (κ2) is 5.68. The SMILES string of the molecule is CNc1nc(N[C@H]2C[C@@H](C)N(C)C2)nc2nc(C)cc(C)c12. The molecule has 0 aliphatic carbocycles. The minimum atomic E-state index is 0.382. The van der Waals surface area contributed by atoms with Crippen LogP contribution in [0.4, 0.5) is 11.8 Å². The molecule has 6 nitrogen and oxygen atoms in total. The maximum absolute atomic E-state index is 4.63. The predicted octanol–water partition coefficient (Wildman–Crippen LogP) is 2.19. The normalized spacial score (nSPS) is 22.2. The van der Waals surface area contributed by atoms with E-state index in [9.17, 15) is 0 Å². The van der Waals surface area contributed by atoms with E-state index in [2.05, 4.69) is 57.4 Å². The number of likely N-dealkylation sites (tertiary alicyclic amines) is 1. The Morgan fingerprint density at radius 3 is 2.64 bits per heavy atom. The van der Waals surface area contributed by atoms with Crippen molar-refractivity contribution in [3.05, 3.63) is 17.3 Å². The van der Waals surface area contributed by atoms with Crippen LogP contribution in [0, 0.1) is 13.8 Å². The van der Waals surface area contributed by atoms with Crippen molar-refractivity contribution in [2.24, 2.45) is 0 Å². The van der Waals surface area contributed by atoms with Gasteiger partial charge in [-0.25, -0.2) is 4.98 Å². The van der Waals surface area contributed by atoms with Crippen molar-refractivity contribution < 1.29 is 0 Å². The zero-order chi connectivity index (χ0) is 15.9. The number of likely N-dealkylation sites (N-methyl/N-ethyl adjacent to an activating group) is 1. The van der Waals surface area contributed by atoms with Crippen molar-refractivity contribution in [1.82, 2.24) is 19.9 Å². The fourth-order valence-electron chi connectivity index (χ4n) is 3.20. The summed E-state index contributed by atoms with van der Waals surface area (Å²) in [6.07, 6.45) is 1.10. The maximum atomic E-state index is 4.63. The summed E-state index contributed by atoms with van der Waals surface area (Å²) in [5, 5.41) is 7.63. The molecule has 3 rings (SSSR count). The molecule has 0 radical (unpaired) electrons. The van der Waals surface area contributed by atoms with Gasteiger partial charge in [-0.3, -0.25) is 0 Å². The number of aromatic nitrogens is 3. The van der Waals surface area contributed by atoms with Crippen molar-refractivity contribution in [3.8, 4) is 0 Å². The number of hydrogen-bond donors (Lipinski definition) is 2. The quantitative estimate of drug-likeness (QED) is 0.906. The smallest absolute Gasteiger partial charge is 0.226 e. The molecular formula is C16H24N6. The monoisotopic (exact) mass is 300 g/mol. The average molecular weight is 300 g/mol. The van der Waals surface area contributed by atoms with Crippen LogP contribution in [0.3, 0.4) is 0 Å². The Bertz CT molecular complexity index is 689. The molecule has 1 aliphatic heterocycles. The first-order chi connectivity index (χ1) is 10.5. The van der Waals surface area contributed by atoms with E-state index >= 15 is 0 Å². The number of nitrogens with zero attached hydrogens (tertiary/aromatic N) is 4. The predicted molar refractivity (Wildman–Crippen MR) is 90.5 cm³/mol. The number of anilines is 2. The lowest BCUT2D eigenvalue weighted by molar-refractivity contribution is 0.330. The van der Waals surface area contributed by atoms with Crippen molar-refractivity contribution in [3.63, 3.8) is 0 Å². The molecule has 0 spiro atoms. The third kappa shape index (κ3) is 2.70. The number of nitrogens with one attached hydrogen (secondary N) is 2. The number of hydrogen-bond acceptors (Lipinski definition) is 6. The van der Waals surface area contributed by atoms with Gasteiger partial charge in [0.25, 0.3) is 0 Å². The molecule has 0 aromatic carbocycles. The molecule has 2 N–H and O–H groups in total. The van der Waals surface area contributed by atoms with Crippen LogP contribution >= 0.6 is 0 Å². The van der Waals surface area contributed by atoms with Gasteiger partial charge in [0.15, 0.2) is 5.65 Å². The molecule has 2 aromatic rings. The molecule has 1 fully saturated rings.